The largest absolute Gasteiger partial charge is 0.314 e. The lowest BCUT2D eigenvalue weighted by atomic mass is 10.2. The van der Waals surface area contributed by atoms with Gasteiger partial charge in [0.05, 0.1) is 11.4 Å². The highest BCUT2D eigenvalue weighted by Gasteiger charge is 2.31. The molecular weight excluding hydrogens is 264 g/mol. The van der Waals surface area contributed by atoms with Crippen LogP contribution in [0.25, 0.3) is 0 Å². The Hall–Kier alpha value is -1.18. The van der Waals surface area contributed by atoms with Crippen LogP contribution < -0.4 is 5.32 Å². The summed E-state index contributed by atoms with van der Waals surface area (Å²) in [7, 11) is -1.70. The second-order valence-electron chi connectivity index (χ2n) is 4.83. The first-order valence-electron chi connectivity index (χ1n) is 6.31. The maximum atomic E-state index is 12.7. The Labute approximate surface area is 113 Å². The van der Waals surface area contributed by atoms with Gasteiger partial charge in [-0.1, -0.05) is 11.6 Å². The Bertz CT molecular complexity index is 589. The maximum Gasteiger partial charge on any atom is 0.247 e. The minimum absolute atomic E-state index is 0.316. The maximum absolute atomic E-state index is 12.7. The van der Waals surface area contributed by atoms with Crippen molar-refractivity contribution in [2.45, 2.75) is 31.7 Å². The third-order valence-electron chi connectivity index (χ3n) is 3.20. The van der Waals surface area contributed by atoms with Crippen LogP contribution in [0, 0.1) is 6.92 Å². The third kappa shape index (κ3) is 2.72. The van der Waals surface area contributed by atoms with Crippen molar-refractivity contribution in [1.29, 1.82) is 0 Å². The Morgan fingerprint density at radius 1 is 1.47 bits per heavy atom. The molecule has 0 amide bonds. The summed E-state index contributed by atoms with van der Waals surface area (Å²) in [6, 6.07) is 0. The highest BCUT2D eigenvalue weighted by atomic mass is 32.2. The second-order valence-corrected chi connectivity index (χ2v) is 6.71. The fourth-order valence-electron chi connectivity index (χ4n) is 2.31. The number of hydrogen-bond donors (Lipinski definition) is 2. The van der Waals surface area contributed by atoms with E-state index in [-0.39, 0.29) is 0 Å². The van der Waals surface area contributed by atoms with Gasteiger partial charge in [0.15, 0.2) is 0 Å². The summed E-state index contributed by atoms with van der Waals surface area (Å²) in [5.41, 5.74) is 2.23. The van der Waals surface area contributed by atoms with Crippen LogP contribution in [0.2, 0.25) is 0 Å². The van der Waals surface area contributed by atoms with Crippen LogP contribution in [-0.2, 0) is 16.6 Å². The van der Waals surface area contributed by atoms with Crippen LogP contribution >= 0.6 is 0 Å². The molecule has 2 heterocycles. The topological polar surface area (TPSA) is 78.1 Å². The van der Waals surface area contributed by atoms with E-state index in [4.69, 9.17) is 0 Å². The van der Waals surface area contributed by atoms with Crippen LogP contribution in [0.4, 0.5) is 0 Å². The average Bonchev–Trinajstić information content (AvgIpc) is 2.71. The molecule has 2 rings (SSSR count). The molecule has 1 aliphatic heterocycles. The molecule has 0 saturated heterocycles. The monoisotopic (exact) mass is 284 g/mol. The smallest absolute Gasteiger partial charge is 0.247 e. The van der Waals surface area contributed by atoms with Gasteiger partial charge >= 0.3 is 0 Å². The average molecular weight is 284 g/mol. The van der Waals surface area contributed by atoms with Crippen molar-refractivity contribution in [3.05, 3.63) is 23.0 Å². The molecule has 0 radical (unpaired) electrons. The first kappa shape index (κ1) is 14.2. The van der Waals surface area contributed by atoms with Crippen LogP contribution in [0.1, 0.15) is 24.7 Å². The van der Waals surface area contributed by atoms with Crippen molar-refractivity contribution >= 4 is 10.0 Å². The SMILES string of the molecule is CNCc1n[nH]c(C)c1S(=O)(=O)N1CCC=C(C)C1. The molecule has 106 valence electrons. The quantitative estimate of drug-likeness (QED) is 0.801. The molecule has 0 spiro atoms. The number of rotatable bonds is 4. The van der Waals surface area contributed by atoms with E-state index in [0.717, 1.165) is 12.0 Å². The lowest BCUT2D eigenvalue weighted by Gasteiger charge is -2.25. The minimum atomic E-state index is -3.48. The van der Waals surface area contributed by atoms with Gasteiger partial charge in [-0.25, -0.2) is 8.42 Å². The van der Waals surface area contributed by atoms with Crippen LogP contribution in [0.3, 0.4) is 0 Å². The van der Waals surface area contributed by atoms with Gasteiger partial charge in [-0.3, -0.25) is 5.10 Å². The van der Waals surface area contributed by atoms with Crippen molar-refractivity contribution in [2.75, 3.05) is 20.1 Å². The highest BCUT2D eigenvalue weighted by Crippen LogP contribution is 2.24. The number of nitrogens with one attached hydrogen (secondary N) is 2. The van der Waals surface area contributed by atoms with E-state index in [0.29, 0.717) is 35.9 Å². The number of aryl methyl sites for hydroxylation is 1. The van der Waals surface area contributed by atoms with Gasteiger partial charge in [-0.15, -0.1) is 0 Å². The van der Waals surface area contributed by atoms with Crippen LogP contribution in [0.15, 0.2) is 16.5 Å². The Kier molecular flexibility index (Phi) is 4.07. The van der Waals surface area contributed by atoms with Gasteiger partial charge < -0.3 is 5.32 Å². The van der Waals surface area contributed by atoms with Crippen molar-refractivity contribution in [1.82, 2.24) is 19.8 Å². The Morgan fingerprint density at radius 3 is 2.84 bits per heavy atom. The van der Waals surface area contributed by atoms with E-state index < -0.39 is 10.0 Å². The molecule has 1 aliphatic rings. The molecule has 1 aromatic rings. The van der Waals surface area contributed by atoms with Gasteiger partial charge in [0, 0.05) is 19.6 Å². The summed E-state index contributed by atoms with van der Waals surface area (Å²) in [4.78, 5) is 0.316. The van der Waals surface area contributed by atoms with E-state index in [9.17, 15) is 8.42 Å². The molecule has 1 aromatic heterocycles. The molecule has 0 unspecified atom stereocenters. The second kappa shape index (κ2) is 5.44. The first-order chi connectivity index (χ1) is 8.96. The van der Waals surface area contributed by atoms with Gasteiger partial charge in [-0.05, 0) is 27.3 Å². The van der Waals surface area contributed by atoms with E-state index >= 15 is 0 Å². The van der Waals surface area contributed by atoms with Crippen molar-refractivity contribution in [3.63, 3.8) is 0 Å². The van der Waals surface area contributed by atoms with Crippen molar-refractivity contribution in [3.8, 4) is 0 Å². The zero-order valence-corrected chi connectivity index (χ0v) is 12.3. The van der Waals surface area contributed by atoms with Crippen molar-refractivity contribution < 1.29 is 8.42 Å². The standard InChI is InChI=1S/C12H20N4O2S/c1-9-5-4-6-16(8-9)19(17,18)12-10(2)14-15-11(12)7-13-3/h5,13H,4,6-8H2,1-3H3,(H,14,15). The normalized spacial score (nSPS) is 17.5. The van der Waals surface area contributed by atoms with Gasteiger partial charge in [0.25, 0.3) is 0 Å². The molecule has 19 heavy (non-hydrogen) atoms. The molecule has 2 N–H and O–H groups in total. The third-order valence-corrected chi connectivity index (χ3v) is 5.25. The molecule has 0 aromatic carbocycles. The Balaban J connectivity index is 2.39. The number of H-pyrrole nitrogens is 1. The number of nitrogens with zero attached hydrogens (tertiary/aromatic N) is 2. The molecule has 0 saturated carbocycles. The summed E-state index contributed by atoms with van der Waals surface area (Å²) in [5.74, 6) is 0. The molecule has 7 heteroatoms. The number of aromatic nitrogens is 2. The summed E-state index contributed by atoms with van der Waals surface area (Å²) >= 11 is 0. The number of hydrogen-bond acceptors (Lipinski definition) is 4. The Morgan fingerprint density at radius 2 is 2.21 bits per heavy atom. The van der Waals surface area contributed by atoms with Gasteiger partial charge in [-0.2, -0.15) is 9.40 Å². The number of aromatic amines is 1. The van der Waals surface area contributed by atoms with E-state index in [1.807, 2.05) is 6.92 Å². The molecule has 0 atom stereocenters. The molecule has 0 fully saturated rings. The number of sulfonamides is 1. The molecule has 0 bridgehead atoms. The van der Waals surface area contributed by atoms with Gasteiger partial charge in [0.1, 0.15) is 4.90 Å². The summed E-state index contributed by atoms with van der Waals surface area (Å²) in [6.45, 7) is 5.13. The highest BCUT2D eigenvalue weighted by molar-refractivity contribution is 7.89. The van der Waals surface area contributed by atoms with Crippen molar-refractivity contribution in [2.24, 2.45) is 0 Å². The summed E-state index contributed by atoms with van der Waals surface area (Å²) < 4.78 is 27.0. The fraction of sp³-hybridized carbons (Fsp3) is 0.583. The fourth-order valence-corrected chi connectivity index (χ4v) is 4.14. The lowest BCUT2D eigenvalue weighted by molar-refractivity contribution is 0.427. The predicted molar refractivity (Wildman–Crippen MR) is 73.2 cm³/mol. The minimum Gasteiger partial charge on any atom is -0.314 e. The zero-order chi connectivity index (χ0) is 14.0. The molecule has 6 nitrogen and oxygen atoms in total. The first-order valence-corrected chi connectivity index (χ1v) is 7.75. The molecular formula is C12H20N4O2S. The summed E-state index contributed by atoms with van der Waals surface area (Å²) in [6.07, 6.45) is 2.85. The van der Waals surface area contributed by atoms with E-state index in [1.54, 1.807) is 14.0 Å². The zero-order valence-electron chi connectivity index (χ0n) is 11.5. The van der Waals surface area contributed by atoms with Crippen LogP contribution in [-0.4, -0.2) is 43.1 Å². The summed E-state index contributed by atoms with van der Waals surface area (Å²) in [5, 5.41) is 9.79. The predicted octanol–water partition coefficient (Wildman–Crippen LogP) is 0.778. The lowest BCUT2D eigenvalue weighted by Crippen LogP contribution is -2.36. The van der Waals surface area contributed by atoms with Gasteiger partial charge in [0.2, 0.25) is 10.0 Å². The van der Waals surface area contributed by atoms with Crippen LogP contribution in [0.5, 0.6) is 0 Å². The molecule has 0 aliphatic carbocycles. The van der Waals surface area contributed by atoms with E-state index in [1.165, 1.54) is 4.31 Å². The van der Waals surface area contributed by atoms with E-state index in [2.05, 4.69) is 21.6 Å².